The molecule has 3 aliphatic rings. The van der Waals surface area contributed by atoms with Crippen molar-refractivity contribution in [1.29, 1.82) is 5.26 Å². The van der Waals surface area contributed by atoms with E-state index in [1.807, 2.05) is 13.8 Å². The smallest absolute Gasteiger partial charge is 0.239 e. The van der Waals surface area contributed by atoms with Gasteiger partial charge in [0.15, 0.2) is 0 Å². The molecule has 1 N–H and O–H groups in total. The second-order valence-corrected chi connectivity index (χ2v) is 9.17. The van der Waals surface area contributed by atoms with Crippen molar-refractivity contribution in [3.63, 3.8) is 0 Å². The lowest BCUT2D eigenvalue weighted by Gasteiger charge is -2.41. The third-order valence-electron chi connectivity index (χ3n) is 7.35. The highest BCUT2D eigenvalue weighted by molar-refractivity contribution is 5.93. The van der Waals surface area contributed by atoms with E-state index in [2.05, 4.69) is 20.9 Å². The molecule has 4 rings (SSSR count). The molecule has 3 heterocycles. The molecule has 0 aromatic carbocycles. The van der Waals surface area contributed by atoms with Gasteiger partial charge in [0.25, 0.3) is 0 Å². The number of aromatic nitrogens is 1. The molecule has 0 spiro atoms. The van der Waals surface area contributed by atoms with E-state index >= 15 is 0 Å². The van der Waals surface area contributed by atoms with Gasteiger partial charge in [-0.3, -0.25) is 9.69 Å². The third-order valence-corrected chi connectivity index (χ3v) is 7.35. The van der Waals surface area contributed by atoms with Crippen LogP contribution in [-0.4, -0.2) is 47.7 Å². The number of carbonyl (C=O) groups excluding carboxylic acids is 1. The number of nitrogens with one attached hydrogen (secondary N) is 1. The van der Waals surface area contributed by atoms with Gasteiger partial charge in [0.05, 0.1) is 24.8 Å². The van der Waals surface area contributed by atoms with Crippen LogP contribution in [0.25, 0.3) is 0 Å². The minimum atomic E-state index is -0.0122. The summed E-state index contributed by atoms with van der Waals surface area (Å²) in [5, 5.41) is 12.8. The first-order valence-corrected chi connectivity index (χ1v) is 11.3. The molecule has 158 valence electrons. The molecule has 0 unspecified atom stereocenters. The number of anilines is 1. The normalized spacial score (nSPS) is 27.4. The number of likely N-dealkylation sites (tertiary alicyclic amines) is 1. The average molecular weight is 399 g/mol. The number of carbonyl (C=O) groups is 1. The van der Waals surface area contributed by atoms with Gasteiger partial charge in [-0.15, -0.1) is 0 Å². The van der Waals surface area contributed by atoms with E-state index in [-0.39, 0.29) is 12.0 Å². The van der Waals surface area contributed by atoms with Gasteiger partial charge < -0.3 is 14.6 Å². The Morgan fingerprint density at radius 3 is 2.69 bits per heavy atom. The predicted octanol–water partition coefficient (Wildman–Crippen LogP) is 3.61. The summed E-state index contributed by atoms with van der Waals surface area (Å²) >= 11 is 0. The zero-order valence-electron chi connectivity index (χ0n) is 17.9. The van der Waals surface area contributed by atoms with E-state index in [4.69, 9.17) is 4.74 Å². The standard InChI is InChI=1S/C23H34N4O2/c1-16-17(2)27(14-20-8-5-11-29-20)23(21(16)12-24)25-22(28)15-26-10-9-18-6-3-4-7-19(18)13-26/h18-20H,3-11,13-15H2,1-2H3,(H,25,28)/t18-,19+,20+/m0/s1. The van der Waals surface area contributed by atoms with Gasteiger partial charge in [0.2, 0.25) is 5.91 Å². The molecular weight excluding hydrogens is 364 g/mol. The van der Waals surface area contributed by atoms with Gasteiger partial charge in [0.1, 0.15) is 11.9 Å². The summed E-state index contributed by atoms with van der Waals surface area (Å²) in [6.45, 7) is 7.94. The summed E-state index contributed by atoms with van der Waals surface area (Å²) in [7, 11) is 0. The van der Waals surface area contributed by atoms with Crippen molar-refractivity contribution < 1.29 is 9.53 Å². The van der Waals surface area contributed by atoms with Crippen LogP contribution in [0.15, 0.2) is 0 Å². The lowest BCUT2D eigenvalue weighted by molar-refractivity contribution is -0.118. The van der Waals surface area contributed by atoms with Crippen molar-refractivity contribution in [2.24, 2.45) is 11.8 Å². The van der Waals surface area contributed by atoms with Crippen LogP contribution in [0.4, 0.5) is 5.82 Å². The summed E-state index contributed by atoms with van der Waals surface area (Å²) in [5.41, 5.74) is 2.57. The lowest BCUT2D eigenvalue weighted by Crippen LogP contribution is -2.45. The molecule has 6 nitrogen and oxygen atoms in total. The second-order valence-electron chi connectivity index (χ2n) is 9.17. The SMILES string of the molecule is Cc1c(C#N)c(NC(=O)CN2CC[C@@H]3CCCC[C@@H]3C2)n(C[C@H]2CCCO2)c1C. The molecule has 1 aromatic heterocycles. The van der Waals surface area contributed by atoms with Crippen molar-refractivity contribution in [1.82, 2.24) is 9.47 Å². The van der Waals surface area contributed by atoms with Crippen LogP contribution in [0.1, 0.15) is 61.8 Å². The minimum absolute atomic E-state index is 0.0122. The highest BCUT2D eigenvalue weighted by atomic mass is 16.5. The lowest BCUT2D eigenvalue weighted by atomic mass is 9.75. The zero-order chi connectivity index (χ0) is 20.4. The van der Waals surface area contributed by atoms with Crippen LogP contribution in [0.2, 0.25) is 0 Å². The molecule has 3 atom stereocenters. The number of nitriles is 1. The maximum Gasteiger partial charge on any atom is 0.239 e. The number of piperidine rings is 1. The molecule has 1 saturated carbocycles. The molecule has 2 saturated heterocycles. The van der Waals surface area contributed by atoms with Crippen molar-refractivity contribution in [3.05, 3.63) is 16.8 Å². The van der Waals surface area contributed by atoms with Gasteiger partial charge >= 0.3 is 0 Å². The Balaban J connectivity index is 1.44. The Hall–Kier alpha value is -1.84. The molecule has 3 fully saturated rings. The molecule has 1 aliphatic carbocycles. The van der Waals surface area contributed by atoms with E-state index in [9.17, 15) is 10.1 Å². The van der Waals surface area contributed by atoms with Crippen LogP contribution in [0.5, 0.6) is 0 Å². The van der Waals surface area contributed by atoms with Gasteiger partial charge in [-0.1, -0.05) is 19.3 Å². The molecule has 0 bridgehead atoms. The van der Waals surface area contributed by atoms with E-state index < -0.39 is 0 Å². The summed E-state index contributed by atoms with van der Waals surface area (Å²) in [5.74, 6) is 2.26. The van der Waals surface area contributed by atoms with Gasteiger partial charge in [0, 0.05) is 18.8 Å². The van der Waals surface area contributed by atoms with Crippen LogP contribution < -0.4 is 5.32 Å². The molecule has 1 amide bonds. The van der Waals surface area contributed by atoms with E-state index in [0.717, 1.165) is 55.6 Å². The number of fused-ring (bicyclic) bond motifs is 1. The van der Waals surface area contributed by atoms with Gasteiger partial charge in [-0.25, -0.2) is 0 Å². The van der Waals surface area contributed by atoms with E-state index in [1.54, 1.807) is 0 Å². The molecule has 1 aromatic rings. The first-order valence-electron chi connectivity index (χ1n) is 11.3. The first-order chi connectivity index (χ1) is 14.1. The average Bonchev–Trinajstić information content (AvgIpc) is 3.31. The van der Waals surface area contributed by atoms with Crippen molar-refractivity contribution in [2.75, 3.05) is 31.6 Å². The summed E-state index contributed by atoms with van der Waals surface area (Å²) in [6.07, 6.45) is 8.87. The number of hydrogen-bond donors (Lipinski definition) is 1. The fourth-order valence-electron chi connectivity index (χ4n) is 5.55. The van der Waals surface area contributed by atoms with Crippen LogP contribution in [0.3, 0.4) is 0 Å². The Morgan fingerprint density at radius 1 is 1.17 bits per heavy atom. The monoisotopic (exact) mass is 398 g/mol. The number of rotatable bonds is 5. The van der Waals surface area contributed by atoms with E-state index in [0.29, 0.717) is 24.5 Å². The number of hydrogen-bond acceptors (Lipinski definition) is 4. The molecule has 0 radical (unpaired) electrons. The summed E-state index contributed by atoms with van der Waals surface area (Å²) in [4.78, 5) is 15.2. The number of ether oxygens (including phenoxy) is 1. The molecule has 6 heteroatoms. The Labute approximate surface area is 174 Å². The third kappa shape index (κ3) is 4.36. The quantitative estimate of drug-likeness (QED) is 0.823. The highest BCUT2D eigenvalue weighted by Gasteiger charge is 2.32. The van der Waals surface area contributed by atoms with Crippen LogP contribution in [0, 0.1) is 37.0 Å². The maximum atomic E-state index is 12.9. The minimum Gasteiger partial charge on any atom is -0.376 e. The fourth-order valence-corrected chi connectivity index (χ4v) is 5.55. The summed E-state index contributed by atoms with van der Waals surface area (Å²) < 4.78 is 7.88. The topological polar surface area (TPSA) is 70.3 Å². The van der Waals surface area contributed by atoms with Crippen molar-refractivity contribution >= 4 is 11.7 Å². The molecule has 2 aliphatic heterocycles. The number of amides is 1. The second kappa shape index (κ2) is 8.89. The highest BCUT2D eigenvalue weighted by Crippen LogP contribution is 2.36. The first kappa shape index (κ1) is 20.4. The van der Waals surface area contributed by atoms with Crippen molar-refractivity contribution in [2.45, 2.75) is 71.4 Å². The zero-order valence-corrected chi connectivity index (χ0v) is 17.9. The molecule has 29 heavy (non-hydrogen) atoms. The predicted molar refractivity (Wildman–Crippen MR) is 113 cm³/mol. The van der Waals surface area contributed by atoms with Crippen LogP contribution >= 0.6 is 0 Å². The largest absolute Gasteiger partial charge is 0.376 e. The molecular formula is C23H34N4O2. The van der Waals surface area contributed by atoms with E-state index in [1.165, 1.54) is 32.1 Å². The Bertz CT molecular complexity index is 788. The van der Waals surface area contributed by atoms with Gasteiger partial charge in [-0.2, -0.15) is 5.26 Å². The fraction of sp³-hybridized carbons (Fsp3) is 0.739. The van der Waals surface area contributed by atoms with Crippen LogP contribution in [-0.2, 0) is 16.1 Å². The van der Waals surface area contributed by atoms with Crippen molar-refractivity contribution in [3.8, 4) is 6.07 Å². The summed E-state index contributed by atoms with van der Waals surface area (Å²) in [6, 6.07) is 2.31. The Morgan fingerprint density at radius 2 is 1.97 bits per heavy atom. The number of nitrogens with zero attached hydrogens (tertiary/aromatic N) is 3. The van der Waals surface area contributed by atoms with Gasteiger partial charge in [-0.05, 0) is 63.5 Å². The maximum absolute atomic E-state index is 12.9. The Kier molecular flexibility index (Phi) is 6.26.